The van der Waals surface area contributed by atoms with E-state index in [2.05, 4.69) is 22.5 Å². The molecule has 1 aromatic heterocycles. The predicted molar refractivity (Wildman–Crippen MR) is 110 cm³/mol. The van der Waals surface area contributed by atoms with Crippen LogP contribution in [0.2, 0.25) is 0 Å². The lowest BCUT2D eigenvalue weighted by molar-refractivity contribution is -0.116. The lowest BCUT2D eigenvalue weighted by Gasteiger charge is -2.13. The van der Waals surface area contributed by atoms with Crippen LogP contribution in [0.5, 0.6) is 0 Å². The van der Waals surface area contributed by atoms with E-state index < -0.39 is 5.82 Å². The molecule has 0 bridgehead atoms. The van der Waals surface area contributed by atoms with Crippen molar-refractivity contribution >= 4 is 23.0 Å². The molecule has 0 aliphatic heterocycles. The van der Waals surface area contributed by atoms with Gasteiger partial charge in [-0.1, -0.05) is 45.4 Å². The van der Waals surface area contributed by atoms with Crippen LogP contribution in [0.15, 0.2) is 30.6 Å². The van der Waals surface area contributed by atoms with Crippen LogP contribution in [0.3, 0.4) is 0 Å². The number of rotatable bonds is 12. The summed E-state index contributed by atoms with van der Waals surface area (Å²) in [6.07, 6.45) is 12.1. The fourth-order valence-corrected chi connectivity index (χ4v) is 2.96. The van der Waals surface area contributed by atoms with E-state index in [0.717, 1.165) is 24.8 Å². The highest BCUT2D eigenvalue weighted by atomic mass is 19.1. The molecule has 0 unspecified atom stereocenters. The van der Waals surface area contributed by atoms with Crippen molar-refractivity contribution in [3.8, 4) is 0 Å². The molecule has 1 aromatic carbocycles. The summed E-state index contributed by atoms with van der Waals surface area (Å²) in [4.78, 5) is 15.0. The molecule has 0 aliphatic rings. The Morgan fingerprint density at radius 2 is 1.78 bits per heavy atom. The van der Waals surface area contributed by atoms with Crippen LogP contribution in [-0.4, -0.2) is 10.9 Å². The zero-order valence-corrected chi connectivity index (χ0v) is 16.1. The van der Waals surface area contributed by atoms with E-state index in [0.29, 0.717) is 24.3 Å². The maximum absolute atomic E-state index is 14.4. The van der Waals surface area contributed by atoms with Gasteiger partial charge >= 0.3 is 0 Å². The Balaban J connectivity index is 1.77. The van der Waals surface area contributed by atoms with E-state index in [9.17, 15) is 9.18 Å². The summed E-state index contributed by atoms with van der Waals surface area (Å²) in [7, 11) is 0. The SMILES string of the molecule is CCCCCCCCCC(=O)Nc1ccc(NCc2cc[nH]c2)c(F)c1N. The van der Waals surface area contributed by atoms with Gasteiger partial charge in [0, 0.05) is 25.4 Å². The summed E-state index contributed by atoms with van der Waals surface area (Å²) < 4.78 is 14.4. The van der Waals surface area contributed by atoms with E-state index in [4.69, 9.17) is 5.73 Å². The van der Waals surface area contributed by atoms with Gasteiger partial charge in [0.25, 0.3) is 0 Å². The van der Waals surface area contributed by atoms with Crippen LogP contribution in [0, 0.1) is 5.82 Å². The van der Waals surface area contributed by atoms with Gasteiger partial charge in [-0.2, -0.15) is 0 Å². The van der Waals surface area contributed by atoms with Gasteiger partial charge in [-0.05, 0) is 30.2 Å². The molecule has 5 N–H and O–H groups in total. The summed E-state index contributed by atoms with van der Waals surface area (Å²) in [6.45, 7) is 2.69. The first-order valence-electron chi connectivity index (χ1n) is 9.85. The number of hydrogen-bond donors (Lipinski definition) is 4. The second-order valence-electron chi connectivity index (χ2n) is 6.88. The Labute approximate surface area is 160 Å². The summed E-state index contributed by atoms with van der Waals surface area (Å²) in [5.41, 5.74) is 7.49. The predicted octanol–water partition coefficient (Wildman–Crippen LogP) is 5.43. The first-order chi connectivity index (χ1) is 13.1. The smallest absolute Gasteiger partial charge is 0.224 e. The van der Waals surface area contributed by atoms with E-state index in [1.165, 1.54) is 25.7 Å². The van der Waals surface area contributed by atoms with Gasteiger partial charge < -0.3 is 21.4 Å². The molecule has 2 aromatic rings. The fraction of sp³-hybridized carbons (Fsp3) is 0.476. The Kier molecular flexibility index (Phi) is 8.68. The second-order valence-corrected chi connectivity index (χ2v) is 6.88. The highest BCUT2D eigenvalue weighted by Gasteiger charge is 2.13. The van der Waals surface area contributed by atoms with Crippen molar-refractivity contribution in [2.24, 2.45) is 0 Å². The van der Waals surface area contributed by atoms with Crippen molar-refractivity contribution in [3.05, 3.63) is 42.0 Å². The molecule has 27 heavy (non-hydrogen) atoms. The molecule has 148 valence electrons. The minimum absolute atomic E-state index is 0.0398. The number of unbranched alkanes of at least 4 members (excludes halogenated alkanes) is 6. The normalized spacial score (nSPS) is 10.7. The molecule has 2 rings (SSSR count). The first kappa shape index (κ1) is 20.8. The molecule has 0 atom stereocenters. The Hall–Kier alpha value is -2.50. The number of anilines is 3. The van der Waals surface area contributed by atoms with Crippen LogP contribution < -0.4 is 16.4 Å². The summed E-state index contributed by atoms with van der Waals surface area (Å²) in [6, 6.07) is 5.15. The molecule has 6 heteroatoms. The maximum atomic E-state index is 14.4. The molecule has 0 spiro atoms. The number of hydrogen-bond acceptors (Lipinski definition) is 3. The van der Waals surface area contributed by atoms with Gasteiger partial charge in [-0.25, -0.2) is 4.39 Å². The quantitative estimate of drug-likeness (QED) is 0.295. The van der Waals surface area contributed by atoms with Crippen molar-refractivity contribution in [2.75, 3.05) is 16.4 Å². The van der Waals surface area contributed by atoms with Gasteiger partial charge in [0.05, 0.1) is 17.1 Å². The average molecular weight is 375 g/mol. The number of carbonyl (C=O) groups is 1. The minimum atomic E-state index is -0.542. The van der Waals surface area contributed by atoms with Gasteiger partial charge in [0.2, 0.25) is 5.91 Å². The Morgan fingerprint density at radius 3 is 2.48 bits per heavy atom. The standard InChI is InChI=1S/C21H31FN4O/c1-2-3-4-5-6-7-8-9-19(27)26-18-11-10-17(20(22)21(18)23)25-15-16-12-13-24-14-16/h10-14,24-25H,2-9,15,23H2,1H3,(H,26,27). The van der Waals surface area contributed by atoms with Gasteiger partial charge in [0.15, 0.2) is 5.82 Å². The van der Waals surface area contributed by atoms with Gasteiger partial charge in [0.1, 0.15) is 0 Å². The molecule has 0 saturated carbocycles. The van der Waals surface area contributed by atoms with Crippen molar-refractivity contribution in [1.29, 1.82) is 0 Å². The maximum Gasteiger partial charge on any atom is 0.224 e. The number of H-pyrrole nitrogens is 1. The molecule has 0 radical (unpaired) electrons. The second kappa shape index (κ2) is 11.3. The van der Waals surface area contributed by atoms with Crippen LogP contribution in [0.1, 0.15) is 63.9 Å². The minimum Gasteiger partial charge on any atom is -0.395 e. The Morgan fingerprint density at radius 1 is 1.07 bits per heavy atom. The number of amides is 1. The number of halogens is 1. The van der Waals surface area contributed by atoms with Crippen LogP contribution >= 0.6 is 0 Å². The number of nitrogens with one attached hydrogen (secondary N) is 3. The first-order valence-corrected chi connectivity index (χ1v) is 9.85. The monoisotopic (exact) mass is 374 g/mol. The van der Waals surface area contributed by atoms with E-state index >= 15 is 0 Å². The topological polar surface area (TPSA) is 82.9 Å². The third-order valence-electron chi connectivity index (χ3n) is 4.61. The molecule has 0 fully saturated rings. The molecular formula is C21H31FN4O. The molecular weight excluding hydrogens is 343 g/mol. The number of benzene rings is 1. The van der Waals surface area contributed by atoms with Crippen molar-refractivity contribution in [3.63, 3.8) is 0 Å². The number of carbonyl (C=O) groups excluding carboxylic acids is 1. The highest BCUT2D eigenvalue weighted by Crippen LogP contribution is 2.28. The zero-order valence-electron chi connectivity index (χ0n) is 16.1. The average Bonchev–Trinajstić information content (AvgIpc) is 3.18. The summed E-state index contributed by atoms with van der Waals surface area (Å²) in [5, 5.41) is 5.73. The molecule has 1 heterocycles. The molecule has 1 amide bonds. The summed E-state index contributed by atoms with van der Waals surface area (Å²) >= 11 is 0. The van der Waals surface area contributed by atoms with Crippen molar-refractivity contribution < 1.29 is 9.18 Å². The zero-order chi connectivity index (χ0) is 19.5. The largest absolute Gasteiger partial charge is 0.395 e. The fourth-order valence-electron chi connectivity index (χ4n) is 2.96. The van der Waals surface area contributed by atoms with E-state index in [1.807, 2.05) is 18.5 Å². The Bertz CT molecular complexity index is 700. The number of aromatic nitrogens is 1. The van der Waals surface area contributed by atoms with E-state index in [-0.39, 0.29) is 11.6 Å². The van der Waals surface area contributed by atoms with Crippen LogP contribution in [0.4, 0.5) is 21.5 Å². The number of aromatic amines is 1. The number of nitrogen functional groups attached to an aromatic ring is 1. The van der Waals surface area contributed by atoms with Gasteiger partial charge in [-0.3, -0.25) is 4.79 Å². The van der Waals surface area contributed by atoms with Crippen molar-refractivity contribution in [1.82, 2.24) is 4.98 Å². The molecule has 5 nitrogen and oxygen atoms in total. The van der Waals surface area contributed by atoms with Crippen LogP contribution in [-0.2, 0) is 11.3 Å². The van der Waals surface area contributed by atoms with Gasteiger partial charge in [-0.15, -0.1) is 0 Å². The van der Waals surface area contributed by atoms with E-state index in [1.54, 1.807) is 12.1 Å². The third kappa shape index (κ3) is 6.96. The van der Waals surface area contributed by atoms with Crippen LogP contribution in [0.25, 0.3) is 0 Å². The molecule has 0 saturated heterocycles. The highest BCUT2D eigenvalue weighted by molar-refractivity contribution is 5.94. The third-order valence-corrected chi connectivity index (χ3v) is 4.61. The van der Waals surface area contributed by atoms with Crippen molar-refractivity contribution in [2.45, 2.75) is 64.8 Å². The lowest BCUT2D eigenvalue weighted by atomic mass is 10.1. The molecule has 0 aliphatic carbocycles. The number of nitrogens with two attached hydrogens (primary N) is 1. The lowest BCUT2D eigenvalue weighted by Crippen LogP contribution is -2.14. The summed E-state index contributed by atoms with van der Waals surface area (Å²) in [5.74, 6) is -0.665.